The summed E-state index contributed by atoms with van der Waals surface area (Å²) in [5.41, 5.74) is 1.10. The molecule has 0 bridgehead atoms. The van der Waals surface area contributed by atoms with Crippen molar-refractivity contribution >= 4 is 19.4 Å². The number of methoxy groups -OCH3 is 1. The first-order valence-corrected chi connectivity index (χ1v) is 6.53. The molecule has 0 atom stereocenters. The van der Waals surface area contributed by atoms with Gasteiger partial charge >= 0.3 is 85.4 Å². The topological polar surface area (TPSA) is 9.23 Å². The monoisotopic (exact) mass is 240 g/mol. The van der Waals surface area contributed by atoms with Gasteiger partial charge in [0.1, 0.15) is 0 Å². The number of benzene rings is 1. The van der Waals surface area contributed by atoms with Gasteiger partial charge in [0.2, 0.25) is 0 Å². The van der Waals surface area contributed by atoms with Gasteiger partial charge in [-0.25, -0.2) is 0 Å². The van der Waals surface area contributed by atoms with Crippen molar-refractivity contribution in [1.82, 2.24) is 0 Å². The summed E-state index contributed by atoms with van der Waals surface area (Å²) >= 11 is 0.492. The zero-order valence-electron chi connectivity index (χ0n) is 8.05. The Morgan fingerprint density at radius 2 is 2.15 bits per heavy atom. The molecule has 13 heavy (non-hydrogen) atoms. The van der Waals surface area contributed by atoms with Crippen molar-refractivity contribution in [1.29, 1.82) is 0 Å². The van der Waals surface area contributed by atoms with E-state index in [-0.39, 0.29) is 0 Å². The van der Waals surface area contributed by atoms with Crippen LogP contribution in [0, 0.1) is 11.8 Å². The molecule has 0 aliphatic heterocycles. The fraction of sp³-hybridized carbons (Fsp3) is 0.273. The molecule has 0 fully saturated rings. The summed E-state index contributed by atoms with van der Waals surface area (Å²) < 4.78 is 6.48. The molecular weight excluding hydrogens is 227 g/mol. The molecule has 1 nitrogen and oxygen atoms in total. The van der Waals surface area contributed by atoms with Crippen molar-refractivity contribution < 1.29 is 4.74 Å². The maximum atomic E-state index is 5.14. The van der Waals surface area contributed by atoms with Crippen LogP contribution in [0.4, 0.5) is 0 Å². The van der Waals surface area contributed by atoms with Crippen LogP contribution in [0.5, 0.6) is 5.75 Å². The van der Waals surface area contributed by atoms with E-state index in [0.717, 1.165) is 11.3 Å². The van der Waals surface area contributed by atoms with Crippen molar-refractivity contribution in [2.45, 2.75) is 12.7 Å². The van der Waals surface area contributed by atoms with Crippen molar-refractivity contribution in [3.8, 4) is 17.6 Å². The van der Waals surface area contributed by atoms with Crippen LogP contribution in [0.15, 0.2) is 18.2 Å². The molecule has 0 saturated heterocycles. The zero-order valence-corrected chi connectivity index (χ0v) is 9.76. The number of hydrogen-bond acceptors (Lipinski definition) is 1. The van der Waals surface area contributed by atoms with Crippen LogP contribution in [0.3, 0.4) is 0 Å². The van der Waals surface area contributed by atoms with Gasteiger partial charge in [0.05, 0.1) is 0 Å². The van der Waals surface area contributed by atoms with E-state index in [9.17, 15) is 0 Å². The predicted octanol–water partition coefficient (Wildman–Crippen LogP) is 1.44. The summed E-state index contributed by atoms with van der Waals surface area (Å²) in [7, 11) is 1.68. The minimum absolute atomic E-state index is 0.492. The van der Waals surface area contributed by atoms with Crippen LogP contribution in [0.25, 0.3) is 0 Å². The molecule has 0 spiro atoms. The second-order valence-electron chi connectivity index (χ2n) is 2.44. The molecule has 0 N–H and O–H groups in total. The molecule has 1 aromatic carbocycles. The molecule has 0 amide bonds. The van der Waals surface area contributed by atoms with E-state index in [4.69, 9.17) is 4.74 Å². The third-order valence-corrected chi connectivity index (χ3v) is 3.34. The van der Waals surface area contributed by atoms with Crippen LogP contribution in [0.1, 0.15) is 12.5 Å². The van der Waals surface area contributed by atoms with Gasteiger partial charge in [0.15, 0.2) is 0 Å². The molecule has 0 radical (unpaired) electrons. The summed E-state index contributed by atoms with van der Waals surface area (Å²) in [6.45, 7) is 1.85. The van der Waals surface area contributed by atoms with Gasteiger partial charge in [-0.2, -0.15) is 0 Å². The molecule has 0 unspecified atom stereocenters. The van der Waals surface area contributed by atoms with E-state index in [1.165, 1.54) is 4.46 Å². The quantitative estimate of drug-likeness (QED) is 0.560. The Labute approximate surface area is 85.6 Å². The van der Waals surface area contributed by atoms with Gasteiger partial charge in [-0.15, -0.1) is 0 Å². The average Bonchev–Trinajstić information content (AvgIpc) is 2.18. The van der Waals surface area contributed by atoms with Crippen LogP contribution in [-0.2, 0) is 0 Å². The van der Waals surface area contributed by atoms with E-state index in [0.29, 0.717) is 15.0 Å². The Balaban J connectivity index is 3.15. The maximum absolute atomic E-state index is 5.14. The summed E-state index contributed by atoms with van der Waals surface area (Å²) in [5.74, 6) is 9.07. The molecule has 0 aromatic heterocycles. The van der Waals surface area contributed by atoms with Gasteiger partial charge < -0.3 is 0 Å². The Morgan fingerprint density at radius 1 is 1.38 bits per heavy atom. The summed E-state index contributed by atoms with van der Waals surface area (Å²) in [6.07, 6.45) is 0. The van der Waals surface area contributed by atoms with Crippen LogP contribution in [0.2, 0.25) is 5.82 Å². The molecule has 1 aromatic rings. The number of ether oxygens (including phenoxy) is 1. The SMILES string of the molecule is CC#Cc1cc(OC)ccc1[Se]C. The van der Waals surface area contributed by atoms with E-state index < -0.39 is 0 Å². The molecule has 1 rings (SSSR count). The van der Waals surface area contributed by atoms with E-state index in [1.54, 1.807) is 7.11 Å². The third-order valence-electron chi connectivity index (χ3n) is 1.67. The predicted molar refractivity (Wildman–Crippen MR) is 56.8 cm³/mol. The number of hydrogen-bond donors (Lipinski definition) is 0. The van der Waals surface area contributed by atoms with Crippen molar-refractivity contribution in [3.05, 3.63) is 23.8 Å². The molecule has 0 aliphatic rings. The van der Waals surface area contributed by atoms with E-state index >= 15 is 0 Å². The van der Waals surface area contributed by atoms with Gasteiger partial charge in [0.25, 0.3) is 0 Å². The standard InChI is InChI=1S/C11H12OSe/c1-4-5-9-8-10(12-2)6-7-11(9)13-3/h6-8H,1-3H3. The zero-order chi connectivity index (χ0) is 9.68. The van der Waals surface area contributed by atoms with Crippen molar-refractivity contribution in [2.75, 3.05) is 7.11 Å². The summed E-state index contributed by atoms with van der Waals surface area (Å²) in [4.78, 5) is 0. The Morgan fingerprint density at radius 3 is 2.69 bits per heavy atom. The first-order chi connectivity index (χ1) is 6.31. The average molecular weight is 239 g/mol. The van der Waals surface area contributed by atoms with Crippen LogP contribution < -0.4 is 9.20 Å². The number of rotatable bonds is 2. The third kappa shape index (κ3) is 2.52. The second kappa shape index (κ2) is 4.97. The van der Waals surface area contributed by atoms with Gasteiger partial charge in [-0.05, 0) is 0 Å². The van der Waals surface area contributed by atoms with Crippen LogP contribution in [-0.4, -0.2) is 22.1 Å². The van der Waals surface area contributed by atoms with E-state index in [2.05, 4.69) is 23.7 Å². The molecule has 0 heterocycles. The first-order valence-electron chi connectivity index (χ1n) is 3.96. The summed E-state index contributed by atoms with van der Waals surface area (Å²) in [6, 6.07) is 6.08. The normalized spacial score (nSPS) is 8.85. The molecule has 68 valence electrons. The van der Waals surface area contributed by atoms with Gasteiger partial charge in [-0.3, -0.25) is 0 Å². The fourth-order valence-electron chi connectivity index (χ4n) is 1.05. The Bertz CT molecular complexity index is 347. The first kappa shape index (κ1) is 10.2. The molecule has 0 aliphatic carbocycles. The van der Waals surface area contributed by atoms with Crippen LogP contribution >= 0.6 is 0 Å². The van der Waals surface area contributed by atoms with E-state index in [1.807, 2.05) is 19.1 Å². The minimum atomic E-state index is 0.492. The van der Waals surface area contributed by atoms with Crippen molar-refractivity contribution in [2.24, 2.45) is 0 Å². The molecule has 0 saturated carbocycles. The second-order valence-corrected chi connectivity index (χ2v) is 4.22. The Hall–Kier alpha value is -0.901. The molecular formula is C11H12OSe. The summed E-state index contributed by atoms with van der Waals surface area (Å²) in [5, 5.41) is 0. The van der Waals surface area contributed by atoms with Gasteiger partial charge in [0, 0.05) is 0 Å². The Kier molecular flexibility index (Phi) is 3.89. The van der Waals surface area contributed by atoms with Crippen molar-refractivity contribution in [3.63, 3.8) is 0 Å². The van der Waals surface area contributed by atoms with Gasteiger partial charge in [-0.1, -0.05) is 0 Å². The molecule has 2 heteroatoms. The fourth-order valence-corrected chi connectivity index (χ4v) is 2.17.